The Labute approximate surface area is 193 Å². The van der Waals surface area contributed by atoms with Gasteiger partial charge in [0.2, 0.25) is 0 Å². The van der Waals surface area contributed by atoms with Crippen LogP contribution in [0, 0.1) is 13.8 Å². The molecule has 0 radical (unpaired) electrons. The summed E-state index contributed by atoms with van der Waals surface area (Å²) < 4.78 is 6.71. The first-order valence-corrected chi connectivity index (χ1v) is 10.9. The molecule has 3 aromatic rings. The first kappa shape index (κ1) is 24.0. The van der Waals surface area contributed by atoms with Crippen molar-refractivity contribution >= 4 is 28.6 Å². The molecule has 7 heteroatoms. The van der Waals surface area contributed by atoms with Crippen molar-refractivity contribution < 1.29 is 14.3 Å². The number of aromatic nitrogens is 1. The highest BCUT2D eigenvalue weighted by Crippen LogP contribution is 2.34. The number of rotatable bonds is 5. The number of pyridine rings is 1. The third-order valence-electron chi connectivity index (χ3n) is 5.34. The van der Waals surface area contributed by atoms with Crippen LogP contribution in [0.25, 0.3) is 21.9 Å². The molecule has 33 heavy (non-hydrogen) atoms. The fraction of sp³-hybridized carbons (Fsp3) is 0.346. The highest BCUT2D eigenvalue weighted by atomic mass is 16.6. The largest absolute Gasteiger partial charge is 0.460 e. The number of anilines is 1. The molecule has 174 valence electrons. The van der Waals surface area contributed by atoms with Crippen molar-refractivity contribution in [1.29, 1.82) is 0 Å². The summed E-state index contributed by atoms with van der Waals surface area (Å²) in [6.07, 6.45) is 0.0470. The van der Waals surface area contributed by atoms with E-state index in [-0.39, 0.29) is 18.5 Å². The molecule has 0 bridgehead atoms. The molecule has 0 aliphatic heterocycles. The van der Waals surface area contributed by atoms with Crippen LogP contribution < -0.4 is 16.2 Å². The van der Waals surface area contributed by atoms with E-state index in [0.29, 0.717) is 11.2 Å². The maximum atomic E-state index is 13.1. The Morgan fingerprint density at radius 2 is 1.61 bits per heavy atom. The number of ether oxygens (including phenoxy) is 1. The molecule has 2 amide bonds. The number of benzene rings is 2. The number of nitrogens with one attached hydrogen (secondary N) is 2. The molecule has 0 aliphatic carbocycles. The van der Waals surface area contributed by atoms with Gasteiger partial charge in [-0.05, 0) is 62.8 Å². The van der Waals surface area contributed by atoms with Gasteiger partial charge in [0.1, 0.15) is 11.4 Å². The number of esters is 1. The summed E-state index contributed by atoms with van der Waals surface area (Å²) >= 11 is 0. The zero-order valence-corrected chi connectivity index (χ0v) is 20.0. The molecular formula is C26H31N3O4. The van der Waals surface area contributed by atoms with Gasteiger partial charge in [-0.1, -0.05) is 36.4 Å². The fourth-order valence-electron chi connectivity index (χ4n) is 3.64. The lowest BCUT2D eigenvalue weighted by Gasteiger charge is -2.20. The summed E-state index contributed by atoms with van der Waals surface area (Å²) in [5.41, 5.74) is 2.95. The Balaban J connectivity index is 1.96. The number of aryl methyl sites for hydroxylation is 2. The summed E-state index contributed by atoms with van der Waals surface area (Å²) in [5.74, 6) is -0.00607. The van der Waals surface area contributed by atoms with Crippen LogP contribution in [0.3, 0.4) is 0 Å². The smallest absolute Gasteiger partial charge is 0.320 e. The van der Waals surface area contributed by atoms with E-state index >= 15 is 0 Å². The SMILES string of the molecule is Cc1cc2c(-c3ccccc3)c(NC(=O)NCCC(=O)OC(C)(C)C)n(C)c(=O)c2cc1C. The van der Waals surface area contributed by atoms with Crippen LogP contribution >= 0.6 is 0 Å². The average molecular weight is 450 g/mol. The quantitative estimate of drug-likeness (QED) is 0.554. The van der Waals surface area contributed by atoms with Crippen molar-refractivity contribution in [2.45, 2.75) is 46.6 Å². The van der Waals surface area contributed by atoms with Crippen LogP contribution in [0.5, 0.6) is 0 Å². The third kappa shape index (κ3) is 5.61. The van der Waals surface area contributed by atoms with E-state index in [4.69, 9.17) is 4.74 Å². The van der Waals surface area contributed by atoms with Gasteiger partial charge in [-0.25, -0.2) is 4.79 Å². The monoisotopic (exact) mass is 449 g/mol. The summed E-state index contributed by atoms with van der Waals surface area (Å²) in [6.45, 7) is 9.46. The van der Waals surface area contributed by atoms with Crippen LogP contribution in [0.2, 0.25) is 0 Å². The fourth-order valence-corrected chi connectivity index (χ4v) is 3.64. The first-order valence-electron chi connectivity index (χ1n) is 10.9. The van der Waals surface area contributed by atoms with Crippen LogP contribution in [0.4, 0.5) is 10.6 Å². The number of hydrogen-bond acceptors (Lipinski definition) is 4. The molecule has 7 nitrogen and oxygen atoms in total. The lowest BCUT2D eigenvalue weighted by molar-refractivity contribution is -0.154. The predicted molar refractivity (Wildman–Crippen MR) is 132 cm³/mol. The normalized spacial score (nSPS) is 11.3. The Morgan fingerprint density at radius 1 is 1.00 bits per heavy atom. The molecule has 1 heterocycles. The van der Waals surface area contributed by atoms with E-state index in [1.54, 1.807) is 27.8 Å². The topological polar surface area (TPSA) is 89.4 Å². The van der Waals surface area contributed by atoms with Gasteiger partial charge in [0.05, 0.1) is 6.42 Å². The maximum Gasteiger partial charge on any atom is 0.320 e. The molecule has 0 atom stereocenters. The predicted octanol–water partition coefficient (Wildman–Crippen LogP) is 4.68. The molecule has 2 aromatic carbocycles. The maximum absolute atomic E-state index is 13.1. The van der Waals surface area contributed by atoms with Gasteiger partial charge in [-0.15, -0.1) is 0 Å². The molecule has 1 aromatic heterocycles. The zero-order chi connectivity index (χ0) is 24.3. The number of fused-ring (bicyclic) bond motifs is 1. The molecular weight excluding hydrogens is 418 g/mol. The summed E-state index contributed by atoms with van der Waals surface area (Å²) in [6, 6.07) is 13.0. The number of carbonyl (C=O) groups excluding carboxylic acids is 2. The van der Waals surface area contributed by atoms with Gasteiger partial charge in [-0.2, -0.15) is 0 Å². The third-order valence-corrected chi connectivity index (χ3v) is 5.34. The second kappa shape index (κ2) is 9.48. The Bertz CT molecular complexity index is 1250. The minimum absolute atomic E-state index is 0.0470. The summed E-state index contributed by atoms with van der Waals surface area (Å²) in [7, 11) is 1.64. The number of urea groups is 1. The van der Waals surface area contributed by atoms with Gasteiger partial charge in [0.25, 0.3) is 5.56 Å². The molecule has 0 saturated carbocycles. The van der Waals surface area contributed by atoms with Crippen molar-refractivity contribution in [2.75, 3.05) is 11.9 Å². The average Bonchev–Trinajstić information content (AvgIpc) is 2.73. The molecule has 3 rings (SSSR count). The van der Waals surface area contributed by atoms with Crippen molar-refractivity contribution in [1.82, 2.24) is 9.88 Å². The van der Waals surface area contributed by atoms with Crippen molar-refractivity contribution in [3.63, 3.8) is 0 Å². The standard InChI is InChI=1S/C26H31N3O4/c1-16-14-19-20(15-17(16)2)24(31)29(6)23(22(19)18-10-8-7-9-11-18)28-25(32)27-13-12-21(30)33-26(3,4)5/h7-11,14-15H,12-13H2,1-6H3,(H2,27,28,32). The van der Waals surface area contributed by atoms with Crippen LogP contribution in [-0.2, 0) is 16.6 Å². The zero-order valence-electron chi connectivity index (χ0n) is 20.0. The number of hydrogen-bond donors (Lipinski definition) is 2. The van der Waals surface area contributed by atoms with Gasteiger partial charge < -0.3 is 10.1 Å². The van der Waals surface area contributed by atoms with E-state index in [9.17, 15) is 14.4 Å². The number of nitrogens with zero attached hydrogens (tertiary/aromatic N) is 1. The van der Waals surface area contributed by atoms with Gasteiger partial charge >= 0.3 is 12.0 Å². The first-order chi connectivity index (χ1) is 15.5. The van der Waals surface area contributed by atoms with Gasteiger partial charge in [0, 0.05) is 24.5 Å². The molecule has 0 aliphatic rings. The molecule has 2 N–H and O–H groups in total. The van der Waals surface area contributed by atoms with Crippen LogP contribution in [0.1, 0.15) is 38.3 Å². The number of amides is 2. The van der Waals surface area contributed by atoms with Crippen molar-refractivity contribution in [3.8, 4) is 11.1 Å². The second-order valence-corrected chi connectivity index (χ2v) is 9.15. The summed E-state index contributed by atoms with van der Waals surface area (Å²) in [4.78, 5) is 37.7. The lowest BCUT2D eigenvalue weighted by atomic mass is 9.96. The van der Waals surface area contributed by atoms with Crippen molar-refractivity contribution in [3.05, 3.63) is 63.9 Å². The number of carbonyl (C=O) groups is 2. The molecule has 0 unspecified atom stereocenters. The van der Waals surface area contributed by atoms with E-state index in [2.05, 4.69) is 10.6 Å². The molecule has 0 fully saturated rings. The van der Waals surface area contributed by atoms with Gasteiger partial charge in [-0.3, -0.25) is 19.5 Å². The van der Waals surface area contributed by atoms with Crippen LogP contribution in [-0.4, -0.2) is 28.7 Å². The van der Waals surface area contributed by atoms with Crippen molar-refractivity contribution in [2.24, 2.45) is 7.05 Å². The molecule has 0 saturated heterocycles. The molecule has 0 spiro atoms. The van der Waals surface area contributed by atoms with E-state index < -0.39 is 17.6 Å². The minimum atomic E-state index is -0.580. The summed E-state index contributed by atoms with van der Waals surface area (Å²) in [5, 5.41) is 6.87. The second-order valence-electron chi connectivity index (χ2n) is 9.15. The highest BCUT2D eigenvalue weighted by molar-refractivity contribution is 6.05. The lowest BCUT2D eigenvalue weighted by Crippen LogP contribution is -2.34. The van der Waals surface area contributed by atoms with Crippen LogP contribution in [0.15, 0.2) is 47.3 Å². The minimum Gasteiger partial charge on any atom is -0.460 e. The Hall–Kier alpha value is -3.61. The Kier molecular flexibility index (Phi) is 6.91. The highest BCUT2D eigenvalue weighted by Gasteiger charge is 2.20. The van der Waals surface area contributed by atoms with E-state index in [1.165, 1.54) is 4.57 Å². The van der Waals surface area contributed by atoms with E-state index in [0.717, 1.165) is 27.6 Å². The van der Waals surface area contributed by atoms with Gasteiger partial charge in [0.15, 0.2) is 0 Å². The Morgan fingerprint density at radius 3 is 2.21 bits per heavy atom. The van der Waals surface area contributed by atoms with E-state index in [1.807, 2.05) is 56.3 Å².